The van der Waals surface area contributed by atoms with E-state index < -0.39 is 34.5 Å². The maximum Gasteiger partial charge on any atom is 0.326 e. The number of rotatable bonds is 7. The van der Waals surface area contributed by atoms with E-state index in [1.54, 1.807) is 11.4 Å². The number of amides is 1. The summed E-state index contributed by atoms with van der Waals surface area (Å²) in [6, 6.07) is 1.98. The van der Waals surface area contributed by atoms with Crippen LogP contribution in [-0.2, 0) is 19.6 Å². The van der Waals surface area contributed by atoms with Crippen molar-refractivity contribution in [1.29, 1.82) is 0 Å². The maximum absolute atomic E-state index is 12.1. The van der Waals surface area contributed by atoms with Gasteiger partial charge in [-0.2, -0.15) is 0 Å². The third-order valence-corrected chi connectivity index (χ3v) is 5.97. The first-order valence-corrected chi connectivity index (χ1v) is 8.76. The molecule has 21 heavy (non-hydrogen) atoms. The molecule has 1 aliphatic carbocycles. The highest BCUT2D eigenvalue weighted by Gasteiger charge is 2.38. The van der Waals surface area contributed by atoms with Gasteiger partial charge >= 0.3 is 5.97 Å². The number of thiophene rings is 1. The molecule has 1 atom stereocenters. The van der Waals surface area contributed by atoms with Gasteiger partial charge in [0.1, 0.15) is 10.3 Å². The number of carboxylic acid groups (broad SMARTS) is 1. The first-order chi connectivity index (χ1) is 9.83. The molecule has 116 valence electrons. The van der Waals surface area contributed by atoms with Crippen LogP contribution in [-0.4, -0.2) is 48.9 Å². The van der Waals surface area contributed by atoms with Crippen molar-refractivity contribution in [2.75, 3.05) is 6.54 Å². The minimum absolute atomic E-state index is 0.102. The molecule has 9 heteroatoms. The van der Waals surface area contributed by atoms with Crippen LogP contribution in [0.15, 0.2) is 21.7 Å². The van der Waals surface area contributed by atoms with Gasteiger partial charge in [-0.05, 0) is 31.2 Å². The molecule has 1 aliphatic rings. The first kappa shape index (κ1) is 15.9. The highest BCUT2D eigenvalue weighted by Crippen LogP contribution is 2.28. The molecule has 0 aliphatic heterocycles. The van der Waals surface area contributed by atoms with Crippen molar-refractivity contribution in [3.8, 4) is 0 Å². The van der Waals surface area contributed by atoms with E-state index in [0.29, 0.717) is 0 Å². The average molecular weight is 332 g/mol. The van der Waals surface area contributed by atoms with Crippen LogP contribution in [0, 0.1) is 0 Å². The third-order valence-electron chi connectivity index (χ3n) is 3.18. The van der Waals surface area contributed by atoms with Gasteiger partial charge in [-0.25, -0.2) is 17.9 Å². The molecule has 2 N–H and O–H groups in total. The van der Waals surface area contributed by atoms with Crippen LogP contribution in [0.4, 0.5) is 0 Å². The van der Waals surface area contributed by atoms with Crippen molar-refractivity contribution < 1.29 is 23.1 Å². The minimum Gasteiger partial charge on any atom is -0.480 e. The number of carbonyl (C=O) groups excluding carboxylic acids is 1. The second kappa shape index (κ2) is 6.12. The van der Waals surface area contributed by atoms with Crippen molar-refractivity contribution in [2.24, 2.45) is 0 Å². The normalized spacial score (nSPS) is 16.4. The van der Waals surface area contributed by atoms with E-state index in [4.69, 9.17) is 5.11 Å². The Hall–Kier alpha value is -1.45. The number of hydrogen-bond acceptors (Lipinski definition) is 5. The number of carbonyl (C=O) groups is 2. The number of sulfonamides is 1. The molecule has 1 fully saturated rings. The predicted molar refractivity (Wildman–Crippen MR) is 76.5 cm³/mol. The van der Waals surface area contributed by atoms with Crippen LogP contribution >= 0.6 is 11.3 Å². The van der Waals surface area contributed by atoms with Gasteiger partial charge in [-0.15, -0.1) is 11.3 Å². The fourth-order valence-corrected chi connectivity index (χ4v) is 3.96. The summed E-state index contributed by atoms with van der Waals surface area (Å²) in [5.41, 5.74) is 0. The molecule has 1 unspecified atom stereocenters. The second-order valence-electron chi connectivity index (χ2n) is 4.80. The van der Waals surface area contributed by atoms with Crippen LogP contribution in [0.1, 0.15) is 19.8 Å². The summed E-state index contributed by atoms with van der Waals surface area (Å²) in [5.74, 6) is -1.62. The van der Waals surface area contributed by atoms with Crippen molar-refractivity contribution >= 4 is 33.2 Å². The van der Waals surface area contributed by atoms with E-state index >= 15 is 0 Å². The molecule has 1 aromatic rings. The largest absolute Gasteiger partial charge is 0.480 e. The molecule has 0 saturated heterocycles. The first-order valence-electron chi connectivity index (χ1n) is 6.40. The molecular weight excluding hydrogens is 316 g/mol. The summed E-state index contributed by atoms with van der Waals surface area (Å²) in [5, 5.41) is 10.6. The molecule has 1 aromatic heterocycles. The lowest BCUT2D eigenvalue weighted by Crippen LogP contribution is -2.48. The Bertz CT molecular complexity index is 622. The van der Waals surface area contributed by atoms with Crippen LogP contribution < -0.4 is 4.72 Å². The third kappa shape index (κ3) is 3.80. The second-order valence-corrected chi connectivity index (χ2v) is 7.74. The molecular formula is C12H16N2O5S2. The monoisotopic (exact) mass is 332 g/mol. The van der Waals surface area contributed by atoms with Crippen molar-refractivity contribution in [1.82, 2.24) is 9.62 Å². The predicted octanol–water partition coefficient (Wildman–Crippen LogP) is 0.490. The smallest absolute Gasteiger partial charge is 0.326 e. The van der Waals surface area contributed by atoms with Gasteiger partial charge in [0.2, 0.25) is 5.91 Å². The number of carboxylic acids is 1. The number of aliphatic carboxylic acids is 1. The number of hydrogen-bond donors (Lipinski definition) is 2. The average Bonchev–Trinajstić information content (AvgIpc) is 3.07. The molecule has 1 heterocycles. The van der Waals surface area contributed by atoms with Crippen LogP contribution in [0.3, 0.4) is 0 Å². The standard InChI is InChI=1S/C12H16N2O5S2/c1-8(12(16)17)14(9-4-5-9)10(15)7-13-21(18,19)11-3-2-6-20-11/h2-3,6,8-9,13H,4-5,7H2,1H3,(H,16,17). The maximum atomic E-state index is 12.1. The fourth-order valence-electron chi connectivity index (χ4n) is 1.94. The van der Waals surface area contributed by atoms with E-state index in [1.807, 2.05) is 0 Å². The highest BCUT2D eigenvalue weighted by atomic mass is 32.2. The summed E-state index contributed by atoms with van der Waals surface area (Å²) in [6.45, 7) is 0.987. The quantitative estimate of drug-likeness (QED) is 0.756. The zero-order chi connectivity index (χ0) is 15.6. The van der Waals surface area contributed by atoms with E-state index in [-0.39, 0.29) is 10.3 Å². The van der Waals surface area contributed by atoms with E-state index in [9.17, 15) is 18.0 Å². The molecule has 0 aromatic carbocycles. The Morgan fingerprint density at radius 3 is 2.67 bits per heavy atom. The lowest BCUT2D eigenvalue weighted by atomic mass is 10.2. The van der Waals surface area contributed by atoms with Crippen molar-refractivity contribution in [2.45, 2.75) is 36.1 Å². The van der Waals surface area contributed by atoms with Gasteiger partial charge in [-0.1, -0.05) is 6.07 Å². The Morgan fingerprint density at radius 2 is 2.19 bits per heavy atom. The molecule has 0 bridgehead atoms. The zero-order valence-electron chi connectivity index (χ0n) is 11.4. The van der Waals surface area contributed by atoms with Gasteiger partial charge in [-0.3, -0.25) is 4.79 Å². The Balaban J connectivity index is 2.01. The van der Waals surface area contributed by atoms with Gasteiger partial charge in [0, 0.05) is 6.04 Å². The highest BCUT2D eigenvalue weighted by molar-refractivity contribution is 7.91. The zero-order valence-corrected chi connectivity index (χ0v) is 13.0. The van der Waals surface area contributed by atoms with Gasteiger partial charge < -0.3 is 10.0 Å². The summed E-state index contributed by atoms with van der Waals surface area (Å²) < 4.78 is 26.2. The number of nitrogens with zero attached hydrogens (tertiary/aromatic N) is 1. The van der Waals surface area contributed by atoms with Crippen molar-refractivity contribution in [3.63, 3.8) is 0 Å². The molecule has 2 rings (SSSR count). The van der Waals surface area contributed by atoms with E-state index in [0.717, 1.165) is 24.2 Å². The van der Waals surface area contributed by atoms with Gasteiger partial charge in [0.15, 0.2) is 0 Å². The molecule has 7 nitrogen and oxygen atoms in total. The number of nitrogens with one attached hydrogen (secondary N) is 1. The van der Waals surface area contributed by atoms with Gasteiger partial charge in [0.25, 0.3) is 10.0 Å². The van der Waals surface area contributed by atoms with Crippen molar-refractivity contribution in [3.05, 3.63) is 17.5 Å². The van der Waals surface area contributed by atoms with Crippen LogP contribution in [0.25, 0.3) is 0 Å². The SMILES string of the molecule is CC(C(=O)O)N(C(=O)CNS(=O)(=O)c1cccs1)C1CC1. The lowest BCUT2D eigenvalue weighted by molar-refractivity contribution is -0.149. The summed E-state index contributed by atoms with van der Waals surface area (Å²) in [6.07, 6.45) is 1.50. The molecule has 1 amide bonds. The topological polar surface area (TPSA) is 104 Å². The Labute approximate surface area is 126 Å². The summed E-state index contributed by atoms with van der Waals surface area (Å²) >= 11 is 1.05. The minimum atomic E-state index is -3.72. The summed E-state index contributed by atoms with van der Waals surface area (Å²) in [7, 11) is -3.72. The van der Waals surface area contributed by atoms with Gasteiger partial charge in [0.05, 0.1) is 6.54 Å². The van der Waals surface area contributed by atoms with Crippen LogP contribution in [0.2, 0.25) is 0 Å². The molecule has 0 radical (unpaired) electrons. The fraction of sp³-hybridized carbons (Fsp3) is 0.500. The Morgan fingerprint density at radius 1 is 1.52 bits per heavy atom. The van der Waals surface area contributed by atoms with E-state index in [2.05, 4.69) is 4.72 Å². The Kier molecular flexibility index (Phi) is 4.64. The van der Waals surface area contributed by atoms with E-state index in [1.165, 1.54) is 17.9 Å². The lowest BCUT2D eigenvalue weighted by Gasteiger charge is -2.26. The molecule has 0 spiro atoms. The molecule has 1 saturated carbocycles. The summed E-state index contributed by atoms with van der Waals surface area (Å²) in [4.78, 5) is 24.4. The van der Waals surface area contributed by atoms with Crippen LogP contribution in [0.5, 0.6) is 0 Å².